The second-order valence-corrected chi connectivity index (χ2v) is 15.1. The average Bonchev–Trinajstić information content (AvgIpc) is 3.79. The molecule has 56 heavy (non-hydrogen) atoms. The van der Waals surface area contributed by atoms with E-state index in [1.807, 2.05) is 4.90 Å². The predicted octanol–water partition coefficient (Wildman–Crippen LogP) is 6.05. The number of pyridine rings is 1. The van der Waals surface area contributed by atoms with Crippen LogP contribution in [0.15, 0.2) is 48.7 Å². The van der Waals surface area contributed by atoms with Gasteiger partial charge in [0.2, 0.25) is 0 Å². The van der Waals surface area contributed by atoms with Crippen molar-refractivity contribution in [2.75, 3.05) is 37.7 Å². The van der Waals surface area contributed by atoms with Crippen LogP contribution < -0.4 is 9.64 Å². The minimum Gasteiger partial charge on any atom is -0.508 e. The monoisotopic (exact) mass is 764 g/mol. The number of hydrogen-bond donors (Lipinski definition) is 1. The maximum absolute atomic E-state index is 17.1. The molecule has 4 saturated heterocycles. The van der Waals surface area contributed by atoms with Gasteiger partial charge in [0.1, 0.15) is 41.4 Å². The highest BCUT2D eigenvalue weighted by Gasteiger charge is 2.50. The second kappa shape index (κ2) is 13.7. The Morgan fingerprint density at radius 2 is 1.91 bits per heavy atom. The van der Waals surface area contributed by atoms with Gasteiger partial charge in [-0.3, -0.25) is 24.6 Å². The summed E-state index contributed by atoms with van der Waals surface area (Å²) < 4.78 is 68.4. The lowest BCUT2D eigenvalue weighted by Crippen LogP contribution is -2.56. The average molecular weight is 765 g/mol. The molecule has 15 heteroatoms. The molecule has 7 heterocycles. The number of carbonyl (C=O) groups is 1. The number of benzene rings is 2. The van der Waals surface area contributed by atoms with Crippen LogP contribution in [0, 0.1) is 30.9 Å². The first-order chi connectivity index (χ1) is 27.0. The number of aromatic hydroxyl groups is 1. The predicted molar refractivity (Wildman–Crippen MR) is 200 cm³/mol. The van der Waals surface area contributed by atoms with Crippen molar-refractivity contribution in [2.45, 2.75) is 62.8 Å². The zero-order valence-electron chi connectivity index (χ0n) is 30.4. The van der Waals surface area contributed by atoms with Crippen molar-refractivity contribution in [2.24, 2.45) is 0 Å². The summed E-state index contributed by atoms with van der Waals surface area (Å²) >= 11 is 0. The van der Waals surface area contributed by atoms with Crippen LogP contribution in [0.5, 0.6) is 11.8 Å². The van der Waals surface area contributed by atoms with E-state index < -0.39 is 47.2 Å². The Morgan fingerprint density at radius 1 is 1.11 bits per heavy atom. The maximum atomic E-state index is 17.1. The van der Waals surface area contributed by atoms with Crippen molar-refractivity contribution < 1.29 is 32.2 Å². The molecule has 286 valence electrons. The zero-order chi connectivity index (χ0) is 38.9. The number of piperazine rings is 1. The summed E-state index contributed by atoms with van der Waals surface area (Å²) in [4.78, 5) is 41.1. The Kier molecular flexibility index (Phi) is 8.76. The summed E-state index contributed by atoms with van der Waals surface area (Å²) in [6.45, 7) is 3.37. The van der Waals surface area contributed by atoms with Crippen molar-refractivity contribution in [3.63, 3.8) is 0 Å². The van der Waals surface area contributed by atoms with Crippen LogP contribution in [0.1, 0.15) is 49.1 Å². The number of hydrogen-bond acceptors (Lipinski definition) is 10. The van der Waals surface area contributed by atoms with Crippen LogP contribution in [-0.2, 0) is 4.79 Å². The number of phenols is 1. The minimum absolute atomic E-state index is 0.0619. The standard InChI is InChI=1S/C41H36F4N8O3/c1-3-29-32(43)8-5-23-11-28(54)13-30(34(23)29)36-35(45)37-31(17-47-36)38(50-40(49-37)56-21-41-9-4-10-52(41)18-24(42)14-41)51-19-26-6-7-27(20-51)53(26)39(55)33(44)12-25-16-46-15-22(2)48-25/h1,5,8,11-13,15-17,24,26-27,54H,4,6-7,9-10,14,18-21H2,2H3/b33-12-/t24-,26?,27?,41+/m1/s1. The van der Waals surface area contributed by atoms with E-state index in [4.69, 9.17) is 16.1 Å². The van der Waals surface area contributed by atoms with Crippen molar-refractivity contribution >= 4 is 39.5 Å². The van der Waals surface area contributed by atoms with E-state index in [9.17, 15) is 18.7 Å². The van der Waals surface area contributed by atoms with Gasteiger partial charge in [0.05, 0.1) is 46.2 Å². The van der Waals surface area contributed by atoms with Crippen molar-refractivity contribution in [3.05, 3.63) is 77.3 Å². The van der Waals surface area contributed by atoms with E-state index in [-0.39, 0.29) is 70.3 Å². The first kappa shape index (κ1) is 35.8. The molecule has 3 aromatic heterocycles. The van der Waals surface area contributed by atoms with E-state index in [0.29, 0.717) is 42.7 Å². The molecule has 9 rings (SSSR count). The van der Waals surface area contributed by atoms with Crippen LogP contribution in [-0.4, -0.2) is 102 Å². The van der Waals surface area contributed by atoms with E-state index >= 15 is 8.78 Å². The number of fused-ring (bicyclic) bond motifs is 5. The lowest BCUT2D eigenvalue weighted by Gasteiger charge is -2.41. The molecular formula is C41H36F4N8O3. The Hall–Kier alpha value is -5.88. The highest BCUT2D eigenvalue weighted by molar-refractivity contribution is 6.03. The van der Waals surface area contributed by atoms with E-state index in [0.717, 1.165) is 25.5 Å². The van der Waals surface area contributed by atoms with Gasteiger partial charge >= 0.3 is 6.01 Å². The van der Waals surface area contributed by atoms with Crippen LogP contribution >= 0.6 is 0 Å². The SMILES string of the molecule is C#Cc1c(F)ccc2cc(O)cc(-c3ncc4c(N5CC6CCC(C5)N6C(=O)/C(F)=C/c5cncc(C)n5)nc(OC[C@@]56CCCN5C[C@H](F)C6)nc4c3F)c12. The summed E-state index contributed by atoms with van der Waals surface area (Å²) in [5.74, 6) is -0.847. The molecule has 2 bridgehead atoms. The van der Waals surface area contributed by atoms with Crippen LogP contribution in [0.4, 0.5) is 23.4 Å². The third-order valence-electron chi connectivity index (χ3n) is 11.6. The van der Waals surface area contributed by atoms with Gasteiger partial charge in [-0.2, -0.15) is 9.97 Å². The summed E-state index contributed by atoms with van der Waals surface area (Å²) in [5, 5.41) is 11.4. The number of aryl methyl sites for hydroxylation is 1. The van der Waals surface area contributed by atoms with Gasteiger partial charge in [0.15, 0.2) is 11.6 Å². The quantitative estimate of drug-likeness (QED) is 0.119. The summed E-state index contributed by atoms with van der Waals surface area (Å²) in [5.41, 5.74) is -0.161. The molecular weight excluding hydrogens is 728 g/mol. The Morgan fingerprint density at radius 3 is 2.68 bits per heavy atom. The number of amides is 1. The molecule has 4 atom stereocenters. The van der Waals surface area contributed by atoms with Gasteiger partial charge < -0.3 is 19.6 Å². The topological polar surface area (TPSA) is 121 Å². The number of anilines is 1. The van der Waals surface area contributed by atoms with Crippen molar-refractivity contribution in [3.8, 4) is 35.4 Å². The van der Waals surface area contributed by atoms with E-state index in [1.165, 1.54) is 42.9 Å². The lowest BCUT2D eigenvalue weighted by atomic mass is 9.95. The van der Waals surface area contributed by atoms with Crippen LogP contribution in [0.3, 0.4) is 0 Å². The largest absolute Gasteiger partial charge is 0.508 e. The minimum atomic E-state index is -0.994. The molecule has 4 fully saturated rings. The number of halogens is 4. The number of ether oxygens (including phenoxy) is 1. The van der Waals surface area contributed by atoms with Gasteiger partial charge in [0, 0.05) is 55.5 Å². The third kappa shape index (κ3) is 6.03. The fourth-order valence-corrected chi connectivity index (χ4v) is 9.19. The Bertz CT molecular complexity index is 2500. The highest BCUT2D eigenvalue weighted by atomic mass is 19.1. The maximum Gasteiger partial charge on any atom is 0.319 e. The molecule has 1 amide bonds. The number of nitrogens with zero attached hydrogens (tertiary/aromatic N) is 8. The molecule has 2 aromatic carbocycles. The number of carbonyl (C=O) groups excluding carboxylic acids is 1. The number of alkyl halides is 1. The zero-order valence-corrected chi connectivity index (χ0v) is 30.4. The van der Waals surface area contributed by atoms with E-state index in [2.05, 4.69) is 30.8 Å². The molecule has 4 aliphatic heterocycles. The van der Waals surface area contributed by atoms with Gasteiger partial charge in [-0.05, 0) is 62.7 Å². The molecule has 11 nitrogen and oxygen atoms in total. The summed E-state index contributed by atoms with van der Waals surface area (Å²) in [6.07, 6.45) is 13.3. The fourth-order valence-electron chi connectivity index (χ4n) is 9.19. The normalized spacial score (nSPS) is 23.6. The highest BCUT2D eigenvalue weighted by Crippen LogP contribution is 2.43. The van der Waals surface area contributed by atoms with Gasteiger partial charge in [-0.25, -0.2) is 17.6 Å². The van der Waals surface area contributed by atoms with Gasteiger partial charge in [0.25, 0.3) is 5.91 Å². The number of phenolic OH excluding ortho intramolecular Hbond substituents is 1. The summed E-state index contributed by atoms with van der Waals surface area (Å²) in [7, 11) is 0. The molecule has 1 N–H and O–H groups in total. The Labute approximate surface area is 319 Å². The van der Waals surface area contributed by atoms with E-state index in [1.54, 1.807) is 11.8 Å². The lowest BCUT2D eigenvalue weighted by molar-refractivity contribution is -0.131. The van der Waals surface area contributed by atoms with Crippen LogP contribution in [0.2, 0.25) is 0 Å². The second-order valence-electron chi connectivity index (χ2n) is 15.1. The smallest absolute Gasteiger partial charge is 0.319 e. The number of terminal acetylenes is 1. The van der Waals surface area contributed by atoms with Gasteiger partial charge in [-0.15, -0.1) is 6.42 Å². The number of aromatic nitrogens is 5. The number of rotatable bonds is 7. The molecule has 5 aromatic rings. The molecule has 0 saturated carbocycles. The fraction of sp³-hybridized carbons (Fsp3) is 0.366. The summed E-state index contributed by atoms with van der Waals surface area (Å²) in [6, 6.07) is 4.37. The first-order valence-corrected chi connectivity index (χ1v) is 18.6. The Balaban J connectivity index is 1.11. The molecule has 0 spiro atoms. The van der Waals surface area contributed by atoms with Crippen molar-refractivity contribution in [1.82, 2.24) is 34.7 Å². The molecule has 2 unspecified atom stereocenters. The van der Waals surface area contributed by atoms with Gasteiger partial charge in [-0.1, -0.05) is 12.0 Å². The van der Waals surface area contributed by atoms with Crippen molar-refractivity contribution in [1.29, 1.82) is 0 Å². The molecule has 4 aliphatic rings. The van der Waals surface area contributed by atoms with Crippen LogP contribution in [0.25, 0.3) is 39.0 Å². The first-order valence-electron chi connectivity index (χ1n) is 18.6. The molecule has 0 radical (unpaired) electrons. The molecule has 0 aliphatic carbocycles. The third-order valence-corrected chi connectivity index (χ3v) is 11.6.